The van der Waals surface area contributed by atoms with Gasteiger partial charge in [-0.1, -0.05) is 18.2 Å². The van der Waals surface area contributed by atoms with Crippen LogP contribution in [-0.4, -0.2) is 79.9 Å². The normalized spacial score (nSPS) is 19.1. The number of benzene rings is 2. The van der Waals surface area contributed by atoms with Gasteiger partial charge in [0.05, 0.1) is 12.2 Å². The maximum absolute atomic E-state index is 12.5. The second-order valence-electron chi connectivity index (χ2n) is 8.31. The molecule has 176 valence electrons. The largest absolute Gasteiger partial charge is 0.491 e. The molecule has 8 heteroatoms. The molecule has 0 aromatic heterocycles. The molecule has 2 heterocycles. The highest BCUT2D eigenvalue weighted by atomic mass is 16.6. The maximum Gasteiger partial charge on any atom is 0.355 e. The van der Waals surface area contributed by atoms with E-state index in [0.717, 1.165) is 26.2 Å². The van der Waals surface area contributed by atoms with Crippen LogP contribution in [0, 0.1) is 6.92 Å². The Morgan fingerprint density at radius 2 is 1.94 bits per heavy atom. The van der Waals surface area contributed by atoms with Gasteiger partial charge in [0, 0.05) is 38.4 Å². The van der Waals surface area contributed by atoms with E-state index in [0.29, 0.717) is 18.0 Å². The van der Waals surface area contributed by atoms with Crippen LogP contribution in [0.4, 0.5) is 5.69 Å². The van der Waals surface area contributed by atoms with E-state index in [2.05, 4.69) is 34.9 Å². The molecule has 0 radical (unpaired) electrons. The van der Waals surface area contributed by atoms with Crippen LogP contribution in [-0.2, 0) is 9.53 Å². The van der Waals surface area contributed by atoms with Crippen molar-refractivity contribution in [3.63, 3.8) is 0 Å². The van der Waals surface area contributed by atoms with Gasteiger partial charge in [0.1, 0.15) is 24.2 Å². The van der Waals surface area contributed by atoms with Crippen LogP contribution in [0.3, 0.4) is 0 Å². The number of esters is 1. The Labute approximate surface area is 193 Å². The van der Waals surface area contributed by atoms with Crippen molar-refractivity contribution >= 4 is 17.4 Å². The Morgan fingerprint density at radius 3 is 2.67 bits per heavy atom. The van der Waals surface area contributed by atoms with Gasteiger partial charge in [0.25, 0.3) is 6.10 Å². The minimum atomic E-state index is -1.26. The predicted molar refractivity (Wildman–Crippen MR) is 123 cm³/mol. The first-order valence-corrected chi connectivity index (χ1v) is 11.3. The number of anilines is 1. The van der Waals surface area contributed by atoms with Crippen LogP contribution in [0.5, 0.6) is 11.5 Å². The molecule has 2 aromatic carbocycles. The highest BCUT2D eigenvalue weighted by molar-refractivity contribution is 6.15. The van der Waals surface area contributed by atoms with Crippen LogP contribution in [0.1, 0.15) is 22.8 Å². The van der Waals surface area contributed by atoms with E-state index in [1.54, 1.807) is 25.1 Å². The molecular formula is C25H30N2O6. The molecule has 0 aliphatic carbocycles. The monoisotopic (exact) mass is 454 g/mol. The zero-order valence-corrected chi connectivity index (χ0v) is 19.0. The van der Waals surface area contributed by atoms with Crippen LogP contribution >= 0.6 is 0 Å². The predicted octanol–water partition coefficient (Wildman–Crippen LogP) is 2.06. The number of rotatable bonds is 8. The SMILES string of the molecule is CCOC(=O)C1Oc2ccc(OCC(O)CN3CCN(c4ccccc4C)CC3)cc2C1=O. The molecule has 0 amide bonds. The molecule has 1 fully saturated rings. The number of fused-ring (bicyclic) bond motifs is 1. The number of ether oxygens (including phenoxy) is 3. The van der Waals surface area contributed by atoms with E-state index in [1.807, 2.05) is 6.07 Å². The van der Waals surface area contributed by atoms with Gasteiger partial charge in [-0.3, -0.25) is 9.69 Å². The summed E-state index contributed by atoms with van der Waals surface area (Å²) in [6.07, 6.45) is -1.93. The van der Waals surface area contributed by atoms with Gasteiger partial charge in [-0.15, -0.1) is 0 Å². The molecule has 2 aliphatic rings. The number of aryl methyl sites for hydroxylation is 1. The summed E-state index contributed by atoms with van der Waals surface area (Å²) >= 11 is 0. The number of hydrogen-bond acceptors (Lipinski definition) is 8. The van der Waals surface area contributed by atoms with Crippen molar-refractivity contribution in [1.82, 2.24) is 4.90 Å². The fourth-order valence-corrected chi connectivity index (χ4v) is 4.22. The van der Waals surface area contributed by atoms with Crippen molar-refractivity contribution in [3.8, 4) is 11.5 Å². The Morgan fingerprint density at radius 1 is 1.18 bits per heavy atom. The lowest BCUT2D eigenvalue weighted by molar-refractivity contribution is -0.148. The van der Waals surface area contributed by atoms with E-state index >= 15 is 0 Å². The number of carbonyl (C=O) groups excluding carboxylic acids is 2. The number of piperazine rings is 1. The van der Waals surface area contributed by atoms with Crippen molar-refractivity contribution in [2.24, 2.45) is 0 Å². The number of nitrogens with zero attached hydrogens (tertiary/aromatic N) is 2. The van der Waals surface area contributed by atoms with Crippen LogP contribution in [0.25, 0.3) is 0 Å². The zero-order valence-electron chi connectivity index (χ0n) is 19.0. The summed E-state index contributed by atoms with van der Waals surface area (Å²) in [7, 11) is 0. The van der Waals surface area contributed by atoms with E-state index in [1.165, 1.54) is 11.3 Å². The van der Waals surface area contributed by atoms with E-state index < -0.39 is 24.0 Å². The molecule has 1 saturated heterocycles. The van der Waals surface area contributed by atoms with Crippen molar-refractivity contribution in [2.75, 3.05) is 50.8 Å². The second kappa shape index (κ2) is 10.2. The lowest BCUT2D eigenvalue weighted by atomic mass is 10.1. The highest BCUT2D eigenvalue weighted by Gasteiger charge is 2.39. The lowest BCUT2D eigenvalue weighted by Crippen LogP contribution is -2.49. The zero-order chi connectivity index (χ0) is 23.4. The number of aliphatic hydroxyl groups is 1. The molecule has 2 aliphatic heterocycles. The molecule has 8 nitrogen and oxygen atoms in total. The first-order chi connectivity index (χ1) is 16.0. The Balaban J connectivity index is 1.25. The summed E-state index contributed by atoms with van der Waals surface area (Å²) in [6.45, 7) is 8.14. The number of aliphatic hydroxyl groups excluding tert-OH is 1. The maximum atomic E-state index is 12.5. The number of carbonyl (C=O) groups is 2. The summed E-state index contributed by atoms with van der Waals surface area (Å²) < 4.78 is 16.0. The van der Waals surface area contributed by atoms with Crippen molar-refractivity contribution in [2.45, 2.75) is 26.1 Å². The van der Waals surface area contributed by atoms with Gasteiger partial charge in [0.15, 0.2) is 0 Å². The molecule has 4 rings (SSSR count). The Bertz CT molecular complexity index is 1000. The van der Waals surface area contributed by atoms with Gasteiger partial charge < -0.3 is 24.2 Å². The van der Waals surface area contributed by atoms with Crippen LogP contribution in [0.2, 0.25) is 0 Å². The lowest BCUT2D eigenvalue weighted by Gasteiger charge is -2.37. The minimum absolute atomic E-state index is 0.104. The standard InChI is InChI=1S/C25H30N2O6/c1-3-31-25(30)24-23(29)20-14-19(8-9-22(20)33-24)32-16-18(28)15-26-10-12-27(13-11-26)21-7-5-4-6-17(21)2/h4-9,14,18,24,28H,3,10-13,15-16H2,1-2H3. The second-order valence-corrected chi connectivity index (χ2v) is 8.31. The summed E-state index contributed by atoms with van der Waals surface area (Å²) in [5, 5.41) is 10.5. The molecule has 33 heavy (non-hydrogen) atoms. The van der Waals surface area contributed by atoms with Crippen molar-refractivity contribution in [3.05, 3.63) is 53.6 Å². The molecule has 1 N–H and O–H groups in total. The summed E-state index contributed by atoms with van der Waals surface area (Å²) in [5.41, 5.74) is 2.82. The molecule has 0 saturated carbocycles. The average molecular weight is 455 g/mol. The number of Topliss-reactive ketones (excluding diaryl/α,β-unsaturated/α-hetero) is 1. The molecule has 2 unspecified atom stereocenters. The topological polar surface area (TPSA) is 88.5 Å². The Hall–Kier alpha value is -3.10. The number of ketones is 1. The average Bonchev–Trinajstić information content (AvgIpc) is 3.15. The number of hydrogen-bond donors (Lipinski definition) is 1. The molecule has 2 atom stereocenters. The summed E-state index contributed by atoms with van der Waals surface area (Å²) in [6, 6.07) is 13.2. The van der Waals surface area contributed by atoms with E-state index in [4.69, 9.17) is 14.2 Å². The third-order valence-corrected chi connectivity index (χ3v) is 5.94. The van der Waals surface area contributed by atoms with Gasteiger partial charge >= 0.3 is 5.97 Å². The minimum Gasteiger partial charge on any atom is -0.491 e. The first kappa shape index (κ1) is 23.1. The highest BCUT2D eigenvalue weighted by Crippen LogP contribution is 2.32. The van der Waals surface area contributed by atoms with E-state index in [9.17, 15) is 14.7 Å². The van der Waals surface area contributed by atoms with Gasteiger partial charge in [0.2, 0.25) is 5.78 Å². The van der Waals surface area contributed by atoms with E-state index in [-0.39, 0.29) is 18.8 Å². The van der Waals surface area contributed by atoms with Crippen molar-refractivity contribution in [1.29, 1.82) is 0 Å². The number of para-hydroxylation sites is 1. The van der Waals surface area contributed by atoms with Gasteiger partial charge in [-0.05, 0) is 43.7 Å². The Kier molecular flexibility index (Phi) is 7.15. The number of β-amino-alcohol motifs (C(OH)–C–C–N with tert-alkyl or cyclic N) is 1. The quantitative estimate of drug-likeness (QED) is 0.479. The molecular weight excluding hydrogens is 424 g/mol. The smallest absolute Gasteiger partial charge is 0.355 e. The molecule has 0 bridgehead atoms. The van der Waals surface area contributed by atoms with Gasteiger partial charge in [-0.2, -0.15) is 0 Å². The fraction of sp³-hybridized carbons (Fsp3) is 0.440. The summed E-state index contributed by atoms with van der Waals surface area (Å²) in [4.78, 5) is 29.0. The molecule has 0 spiro atoms. The van der Waals surface area contributed by atoms with Crippen molar-refractivity contribution < 1.29 is 28.9 Å². The van der Waals surface area contributed by atoms with Crippen LogP contribution in [0.15, 0.2) is 42.5 Å². The third kappa shape index (κ3) is 5.29. The fourth-order valence-electron chi connectivity index (χ4n) is 4.22. The first-order valence-electron chi connectivity index (χ1n) is 11.3. The summed E-state index contributed by atoms with van der Waals surface area (Å²) in [5.74, 6) is -0.365. The molecule has 2 aromatic rings. The van der Waals surface area contributed by atoms with Gasteiger partial charge in [-0.25, -0.2) is 4.79 Å². The third-order valence-electron chi connectivity index (χ3n) is 5.94. The van der Waals surface area contributed by atoms with Crippen LogP contribution < -0.4 is 14.4 Å².